The van der Waals surface area contributed by atoms with Crippen LogP contribution in [0.1, 0.15) is 11.1 Å². The van der Waals surface area contributed by atoms with Gasteiger partial charge in [-0.3, -0.25) is 19.3 Å². The third kappa shape index (κ3) is 4.34. The van der Waals surface area contributed by atoms with Gasteiger partial charge >= 0.3 is 0 Å². The number of carbonyl (C=O) groups is 3. The van der Waals surface area contributed by atoms with Gasteiger partial charge < -0.3 is 24.4 Å². The second-order valence-corrected chi connectivity index (χ2v) is 12.5. The highest BCUT2D eigenvalue weighted by Gasteiger charge is 2.66. The van der Waals surface area contributed by atoms with Crippen molar-refractivity contribution in [3.05, 3.63) is 65.2 Å². The minimum atomic E-state index is -3.93. The predicted molar refractivity (Wildman–Crippen MR) is 151 cm³/mol. The van der Waals surface area contributed by atoms with Crippen molar-refractivity contribution in [2.75, 3.05) is 77.6 Å². The van der Waals surface area contributed by atoms with Crippen LogP contribution >= 0.6 is 0 Å². The minimum absolute atomic E-state index is 0.00900. The zero-order valence-corrected chi connectivity index (χ0v) is 24.0. The van der Waals surface area contributed by atoms with Gasteiger partial charge in [0.1, 0.15) is 5.76 Å². The van der Waals surface area contributed by atoms with E-state index in [2.05, 4.69) is 4.90 Å². The Hall–Kier alpha value is -3.62. The van der Waals surface area contributed by atoms with E-state index in [4.69, 9.17) is 9.47 Å². The first kappa shape index (κ1) is 28.5. The summed E-state index contributed by atoms with van der Waals surface area (Å²) < 4.78 is 38.7. The highest BCUT2D eigenvalue weighted by molar-refractivity contribution is 7.89. The Morgan fingerprint density at radius 3 is 2.29 bits per heavy atom. The molecule has 3 saturated heterocycles. The van der Waals surface area contributed by atoms with E-state index < -0.39 is 38.9 Å². The number of likely N-dealkylation sites (tertiary alicyclic amines) is 1. The van der Waals surface area contributed by atoms with Crippen LogP contribution in [0.5, 0.6) is 0 Å². The van der Waals surface area contributed by atoms with Gasteiger partial charge in [0.2, 0.25) is 10.0 Å². The molecule has 1 unspecified atom stereocenters. The molecule has 13 heteroatoms. The number of rotatable bonds is 6. The van der Waals surface area contributed by atoms with Crippen molar-refractivity contribution < 1.29 is 37.4 Å². The van der Waals surface area contributed by atoms with E-state index in [-0.39, 0.29) is 48.9 Å². The number of hydrogen-bond acceptors (Lipinski definition) is 9. The van der Waals surface area contributed by atoms with Crippen molar-refractivity contribution in [2.24, 2.45) is 0 Å². The number of ether oxygens (including phenoxy) is 2. The zero-order chi connectivity index (χ0) is 29.6. The van der Waals surface area contributed by atoms with Crippen LogP contribution in [0.15, 0.2) is 59.0 Å². The van der Waals surface area contributed by atoms with Gasteiger partial charge in [0.25, 0.3) is 17.6 Å². The molecule has 1 N–H and O–H groups in total. The fourth-order valence-corrected chi connectivity index (χ4v) is 7.68. The number of sulfonamides is 1. The number of para-hydroxylation sites is 1. The lowest BCUT2D eigenvalue weighted by molar-refractivity contribution is -0.144. The number of nitrogens with zero attached hydrogens (tertiary/aromatic N) is 4. The summed E-state index contributed by atoms with van der Waals surface area (Å²) in [7, 11) is -2.36. The number of ketones is 1. The Morgan fingerprint density at radius 2 is 1.57 bits per heavy atom. The molecule has 2 amide bonds. The molecule has 2 aromatic rings. The van der Waals surface area contributed by atoms with Crippen LogP contribution < -0.4 is 4.90 Å². The fraction of sp³-hybridized carbons (Fsp3) is 0.414. The predicted octanol–water partition coefficient (Wildman–Crippen LogP) is 0.592. The molecule has 0 bridgehead atoms. The van der Waals surface area contributed by atoms with Gasteiger partial charge in [-0.2, -0.15) is 4.31 Å². The van der Waals surface area contributed by atoms with Crippen molar-refractivity contribution in [3.8, 4) is 0 Å². The van der Waals surface area contributed by atoms with Gasteiger partial charge in [-0.15, -0.1) is 0 Å². The van der Waals surface area contributed by atoms with Crippen LogP contribution in [0, 0.1) is 0 Å². The summed E-state index contributed by atoms with van der Waals surface area (Å²) in [5.41, 5.74) is -1.37. The second kappa shape index (κ2) is 10.9. The lowest BCUT2D eigenvalue weighted by Crippen LogP contribution is -2.53. The molecule has 2 aromatic carbocycles. The standard InChI is InChI=1S/C29H32N4O8S/c1-30-23-8-3-2-7-22(23)29(28(30)37)24(26(35)27(36)33(29)10-9-31-11-15-40-16-12-31)25(34)20-5-4-6-21(19-20)42(38,39)32-13-17-41-18-14-32/h2-8,19,34H,9-18H2,1H3. The van der Waals surface area contributed by atoms with E-state index in [9.17, 15) is 27.9 Å². The first-order valence-electron chi connectivity index (χ1n) is 13.8. The van der Waals surface area contributed by atoms with Gasteiger partial charge in [0, 0.05) is 63.1 Å². The number of carbonyl (C=O) groups excluding carboxylic acids is 3. The van der Waals surface area contributed by atoms with Crippen LogP contribution in [-0.2, 0) is 39.4 Å². The van der Waals surface area contributed by atoms with E-state index in [1.165, 1.54) is 38.4 Å². The van der Waals surface area contributed by atoms with Gasteiger partial charge in [-0.1, -0.05) is 30.3 Å². The number of aliphatic hydroxyl groups excluding tert-OH is 1. The van der Waals surface area contributed by atoms with Crippen LogP contribution in [0.3, 0.4) is 0 Å². The van der Waals surface area contributed by atoms with E-state index in [1.807, 2.05) is 0 Å². The normalized spacial score (nSPS) is 25.0. The summed E-state index contributed by atoms with van der Waals surface area (Å²) in [6.45, 7) is 3.72. The topological polar surface area (TPSA) is 137 Å². The Bertz CT molecular complexity index is 1580. The smallest absolute Gasteiger partial charge is 0.296 e. The molecule has 222 valence electrons. The second-order valence-electron chi connectivity index (χ2n) is 10.6. The lowest BCUT2D eigenvalue weighted by atomic mass is 9.82. The first-order chi connectivity index (χ1) is 20.2. The van der Waals surface area contributed by atoms with E-state index in [0.29, 0.717) is 44.1 Å². The van der Waals surface area contributed by atoms with Gasteiger partial charge in [-0.25, -0.2) is 8.42 Å². The number of aliphatic hydroxyl groups is 1. The minimum Gasteiger partial charge on any atom is -0.507 e. The summed E-state index contributed by atoms with van der Waals surface area (Å²) in [5, 5.41) is 11.8. The molecule has 1 spiro atoms. The molecular weight excluding hydrogens is 564 g/mol. The van der Waals surface area contributed by atoms with Crippen molar-refractivity contribution in [3.63, 3.8) is 0 Å². The molecule has 12 nitrogen and oxygen atoms in total. The van der Waals surface area contributed by atoms with Crippen molar-refractivity contribution in [1.29, 1.82) is 0 Å². The van der Waals surface area contributed by atoms with Crippen LogP contribution in [0.25, 0.3) is 5.76 Å². The highest BCUT2D eigenvalue weighted by Crippen LogP contribution is 2.53. The summed E-state index contributed by atoms with van der Waals surface area (Å²) >= 11 is 0. The third-order valence-corrected chi connectivity index (χ3v) is 10.3. The number of anilines is 1. The Kier molecular flexibility index (Phi) is 7.39. The lowest BCUT2D eigenvalue weighted by Gasteiger charge is -2.36. The number of amides is 2. The zero-order valence-electron chi connectivity index (χ0n) is 23.2. The van der Waals surface area contributed by atoms with Crippen molar-refractivity contribution in [1.82, 2.24) is 14.1 Å². The molecular formula is C29H32N4O8S. The Morgan fingerprint density at radius 1 is 0.905 bits per heavy atom. The van der Waals surface area contributed by atoms with Crippen LogP contribution in [0.4, 0.5) is 5.69 Å². The number of likely N-dealkylation sites (N-methyl/N-ethyl adjacent to an activating group) is 1. The maximum absolute atomic E-state index is 14.2. The van der Waals surface area contributed by atoms with E-state index in [1.54, 1.807) is 31.3 Å². The summed E-state index contributed by atoms with van der Waals surface area (Å²) in [6, 6.07) is 12.5. The molecule has 0 aliphatic carbocycles. The fourth-order valence-electron chi connectivity index (χ4n) is 6.22. The summed E-state index contributed by atoms with van der Waals surface area (Å²) in [6.07, 6.45) is 0. The summed E-state index contributed by atoms with van der Waals surface area (Å²) in [4.78, 5) is 46.3. The maximum atomic E-state index is 14.2. The van der Waals surface area contributed by atoms with Gasteiger partial charge in [-0.05, 0) is 18.2 Å². The molecule has 1 atom stereocenters. The Balaban J connectivity index is 1.49. The number of Topliss-reactive ketones (excluding diaryl/α,β-unsaturated/α-hetero) is 1. The number of hydrogen-bond donors (Lipinski definition) is 1. The molecule has 0 radical (unpaired) electrons. The van der Waals surface area contributed by atoms with Gasteiger partial charge in [0.15, 0.2) is 5.54 Å². The van der Waals surface area contributed by atoms with Crippen molar-refractivity contribution >= 4 is 39.1 Å². The monoisotopic (exact) mass is 596 g/mol. The van der Waals surface area contributed by atoms with Gasteiger partial charge in [0.05, 0.1) is 36.9 Å². The van der Waals surface area contributed by atoms with Crippen molar-refractivity contribution in [2.45, 2.75) is 10.4 Å². The van der Waals surface area contributed by atoms with E-state index in [0.717, 1.165) is 0 Å². The highest BCUT2D eigenvalue weighted by atomic mass is 32.2. The third-order valence-electron chi connectivity index (χ3n) is 8.40. The maximum Gasteiger partial charge on any atom is 0.296 e. The quantitative estimate of drug-likeness (QED) is 0.289. The molecule has 3 fully saturated rings. The molecule has 4 aliphatic rings. The average Bonchev–Trinajstić information content (AvgIpc) is 3.38. The Labute approximate surface area is 243 Å². The molecule has 6 rings (SSSR count). The summed E-state index contributed by atoms with van der Waals surface area (Å²) in [5.74, 6) is -3.07. The molecule has 4 aliphatic heterocycles. The van der Waals surface area contributed by atoms with Crippen LogP contribution in [-0.4, -0.2) is 118 Å². The SMILES string of the molecule is CN1C(=O)C2(C(=C(O)c3cccc(S(=O)(=O)N4CCOCC4)c3)C(=O)C(=O)N2CCN2CCOCC2)c2ccccc21. The number of fused-ring (bicyclic) bond motifs is 2. The molecule has 4 heterocycles. The first-order valence-corrected chi connectivity index (χ1v) is 15.3. The largest absolute Gasteiger partial charge is 0.507 e. The molecule has 0 aromatic heterocycles. The van der Waals surface area contributed by atoms with E-state index >= 15 is 0 Å². The molecule has 42 heavy (non-hydrogen) atoms. The molecule has 0 saturated carbocycles. The average molecular weight is 597 g/mol. The van der Waals surface area contributed by atoms with Crippen LogP contribution in [0.2, 0.25) is 0 Å². The number of morpholine rings is 2. The number of benzene rings is 2.